The molecule has 1 atom stereocenters. The normalized spacial score (nSPS) is 11.6. The molecule has 0 heterocycles. The number of carbonyl (C=O) groups is 2. The molecule has 0 saturated carbocycles. The van der Waals surface area contributed by atoms with Gasteiger partial charge in [0.1, 0.15) is 11.5 Å². The molecule has 6 nitrogen and oxygen atoms in total. The predicted molar refractivity (Wildman–Crippen MR) is 134 cm³/mol. The van der Waals surface area contributed by atoms with Gasteiger partial charge in [-0.3, -0.25) is 9.59 Å². The minimum atomic E-state index is -0.337. The van der Waals surface area contributed by atoms with Crippen LogP contribution in [0, 0.1) is 0 Å². The van der Waals surface area contributed by atoms with Crippen LogP contribution in [0.4, 0.5) is 11.4 Å². The van der Waals surface area contributed by atoms with Gasteiger partial charge in [0.2, 0.25) is 11.8 Å². The first-order chi connectivity index (χ1) is 16.0. The van der Waals surface area contributed by atoms with Crippen molar-refractivity contribution in [3.8, 4) is 11.5 Å². The van der Waals surface area contributed by atoms with E-state index in [1.807, 2.05) is 61.5 Å². The summed E-state index contributed by atoms with van der Waals surface area (Å²) in [4.78, 5) is 25.7. The van der Waals surface area contributed by atoms with E-state index in [1.54, 1.807) is 38.5 Å². The maximum Gasteiger partial charge on any atom is 0.248 e. The van der Waals surface area contributed by atoms with Crippen LogP contribution in [0.3, 0.4) is 0 Å². The summed E-state index contributed by atoms with van der Waals surface area (Å²) in [5.41, 5.74) is 2.24. The highest BCUT2D eigenvalue weighted by molar-refractivity contribution is 8.00. The van der Waals surface area contributed by atoms with Gasteiger partial charge in [-0.1, -0.05) is 30.3 Å². The van der Waals surface area contributed by atoms with Crippen molar-refractivity contribution in [2.24, 2.45) is 0 Å². The molecule has 0 aliphatic rings. The number of thioether (sulfide) groups is 1. The molecule has 0 radical (unpaired) electrons. The molecule has 3 aromatic carbocycles. The van der Waals surface area contributed by atoms with Crippen LogP contribution in [0.2, 0.25) is 0 Å². The van der Waals surface area contributed by atoms with Crippen molar-refractivity contribution in [3.05, 3.63) is 84.4 Å². The molecule has 2 amide bonds. The van der Waals surface area contributed by atoms with Crippen LogP contribution < -0.4 is 20.1 Å². The van der Waals surface area contributed by atoms with E-state index in [0.29, 0.717) is 22.9 Å². The Labute approximate surface area is 198 Å². The third-order valence-electron chi connectivity index (χ3n) is 4.65. The molecule has 0 fully saturated rings. The molecule has 0 bridgehead atoms. The van der Waals surface area contributed by atoms with Crippen LogP contribution in [0.5, 0.6) is 11.5 Å². The number of amides is 2. The zero-order chi connectivity index (χ0) is 23.6. The highest BCUT2D eigenvalue weighted by Crippen LogP contribution is 2.28. The summed E-state index contributed by atoms with van der Waals surface area (Å²) in [5.74, 6) is 0.849. The number of carbonyl (C=O) groups excluding carboxylic acids is 2. The van der Waals surface area contributed by atoms with Crippen LogP contribution in [0.25, 0.3) is 6.08 Å². The molecule has 3 aromatic rings. The summed E-state index contributed by atoms with van der Waals surface area (Å²) in [7, 11) is 3.12. The van der Waals surface area contributed by atoms with Crippen LogP contribution in [0.15, 0.2) is 83.8 Å². The molecule has 33 heavy (non-hydrogen) atoms. The van der Waals surface area contributed by atoms with E-state index in [1.165, 1.54) is 17.8 Å². The largest absolute Gasteiger partial charge is 0.497 e. The van der Waals surface area contributed by atoms with Gasteiger partial charge in [-0.25, -0.2) is 0 Å². The lowest BCUT2D eigenvalue weighted by atomic mass is 10.2. The van der Waals surface area contributed by atoms with E-state index in [2.05, 4.69) is 10.6 Å². The Balaban J connectivity index is 1.54. The van der Waals surface area contributed by atoms with Crippen molar-refractivity contribution < 1.29 is 19.1 Å². The number of anilines is 2. The van der Waals surface area contributed by atoms with Gasteiger partial charge in [-0.15, -0.1) is 11.8 Å². The van der Waals surface area contributed by atoms with E-state index in [4.69, 9.17) is 9.47 Å². The van der Waals surface area contributed by atoms with E-state index in [0.717, 1.165) is 10.5 Å². The summed E-state index contributed by atoms with van der Waals surface area (Å²) >= 11 is 1.42. The minimum absolute atomic E-state index is 0.140. The van der Waals surface area contributed by atoms with Gasteiger partial charge >= 0.3 is 0 Å². The first-order valence-corrected chi connectivity index (χ1v) is 11.2. The van der Waals surface area contributed by atoms with Gasteiger partial charge < -0.3 is 20.1 Å². The first kappa shape index (κ1) is 23.9. The molecule has 2 N–H and O–H groups in total. The maximum absolute atomic E-state index is 12.6. The molecular formula is C26H26N2O4S. The second kappa shape index (κ2) is 11.8. The lowest BCUT2D eigenvalue weighted by Crippen LogP contribution is -2.22. The van der Waals surface area contributed by atoms with Gasteiger partial charge in [0.25, 0.3) is 0 Å². The fourth-order valence-electron chi connectivity index (χ4n) is 2.92. The summed E-state index contributed by atoms with van der Waals surface area (Å²) in [6, 6.07) is 22.2. The maximum atomic E-state index is 12.6. The van der Waals surface area contributed by atoms with Gasteiger partial charge in [0.05, 0.1) is 19.5 Å². The second-order valence-electron chi connectivity index (χ2n) is 7.11. The lowest BCUT2D eigenvalue weighted by Gasteiger charge is -2.14. The molecule has 0 spiro atoms. The van der Waals surface area contributed by atoms with Crippen LogP contribution in [0.1, 0.15) is 12.5 Å². The first-order valence-electron chi connectivity index (χ1n) is 10.3. The Kier molecular flexibility index (Phi) is 8.55. The molecular weight excluding hydrogens is 436 g/mol. The molecule has 7 heteroatoms. The topological polar surface area (TPSA) is 76.7 Å². The third-order valence-corrected chi connectivity index (χ3v) is 5.76. The number of nitrogens with one attached hydrogen (secondary N) is 2. The van der Waals surface area contributed by atoms with Crippen molar-refractivity contribution >= 4 is 41.0 Å². The highest BCUT2D eigenvalue weighted by atomic mass is 32.2. The summed E-state index contributed by atoms with van der Waals surface area (Å²) in [6.45, 7) is 1.83. The van der Waals surface area contributed by atoms with Crippen molar-refractivity contribution in [3.63, 3.8) is 0 Å². The van der Waals surface area contributed by atoms with E-state index in [-0.39, 0.29) is 17.1 Å². The highest BCUT2D eigenvalue weighted by Gasteiger charge is 2.15. The molecule has 0 saturated heterocycles. The van der Waals surface area contributed by atoms with Crippen LogP contribution >= 0.6 is 11.8 Å². The Morgan fingerprint density at radius 3 is 2.09 bits per heavy atom. The van der Waals surface area contributed by atoms with Crippen molar-refractivity contribution in [1.82, 2.24) is 0 Å². The molecule has 1 unspecified atom stereocenters. The average Bonchev–Trinajstić information content (AvgIpc) is 2.84. The number of hydrogen-bond acceptors (Lipinski definition) is 5. The number of hydrogen-bond donors (Lipinski definition) is 2. The van der Waals surface area contributed by atoms with Crippen molar-refractivity contribution in [2.45, 2.75) is 17.1 Å². The smallest absolute Gasteiger partial charge is 0.248 e. The zero-order valence-electron chi connectivity index (χ0n) is 18.7. The van der Waals surface area contributed by atoms with Gasteiger partial charge in [0.15, 0.2) is 0 Å². The Hall–Kier alpha value is -3.71. The standard InChI is InChI=1S/C26H26N2O4S/c1-18(26(30)28-21-15-22(31-2)17-23(16-21)32-3)33-24-12-10-20(11-13-24)27-25(29)14-9-19-7-5-4-6-8-19/h4-18H,1-3H3,(H,27,29)(H,28,30)/b14-9+. The number of ether oxygens (including phenoxy) is 2. The fraction of sp³-hybridized carbons (Fsp3) is 0.154. The Morgan fingerprint density at radius 1 is 0.848 bits per heavy atom. The van der Waals surface area contributed by atoms with Crippen LogP contribution in [-0.4, -0.2) is 31.3 Å². The average molecular weight is 463 g/mol. The summed E-state index contributed by atoms with van der Waals surface area (Å²) in [5, 5.41) is 5.39. The third kappa shape index (κ3) is 7.43. The van der Waals surface area contributed by atoms with E-state index in [9.17, 15) is 9.59 Å². The second-order valence-corrected chi connectivity index (χ2v) is 8.52. The van der Waals surface area contributed by atoms with Crippen molar-refractivity contribution in [1.29, 1.82) is 0 Å². The predicted octanol–water partition coefficient (Wildman–Crippen LogP) is 5.48. The molecule has 3 rings (SSSR count). The zero-order valence-corrected chi connectivity index (χ0v) is 19.5. The lowest BCUT2D eigenvalue weighted by molar-refractivity contribution is -0.115. The molecule has 0 aromatic heterocycles. The van der Waals surface area contributed by atoms with Gasteiger partial charge in [0, 0.05) is 40.5 Å². The quantitative estimate of drug-likeness (QED) is 0.326. The summed E-state index contributed by atoms with van der Waals surface area (Å²) < 4.78 is 10.5. The van der Waals surface area contributed by atoms with Gasteiger partial charge in [-0.05, 0) is 42.8 Å². The van der Waals surface area contributed by atoms with Crippen LogP contribution in [-0.2, 0) is 9.59 Å². The minimum Gasteiger partial charge on any atom is -0.497 e. The Bertz CT molecular complexity index is 1090. The van der Waals surface area contributed by atoms with Crippen molar-refractivity contribution in [2.75, 3.05) is 24.9 Å². The Morgan fingerprint density at radius 2 is 1.48 bits per heavy atom. The summed E-state index contributed by atoms with van der Waals surface area (Å²) in [6.07, 6.45) is 3.26. The van der Waals surface area contributed by atoms with E-state index >= 15 is 0 Å². The molecule has 170 valence electrons. The number of benzene rings is 3. The molecule has 0 aliphatic carbocycles. The number of methoxy groups -OCH3 is 2. The SMILES string of the molecule is COc1cc(NC(=O)C(C)Sc2ccc(NC(=O)/C=C/c3ccccc3)cc2)cc(OC)c1. The van der Waals surface area contributed by atoms with E-state index < -0.39 is 0 Å². The van der Waals surface area contributed by atoms with Gasteiger partial charge in [-0.2, -0.15) is 0 Å². The monoisotopic (exact) mass is 462 g/mol. The molecule has 0 aliphatic heterocycles. The number of rotatable bonds is 9. The fourth-order valence-corrected chi connectivity index (χ4v) is 3.79.